The van der Waals surface area contributed by atoms with Crippen LogP contribution in [0.1, 0.15) is 37.1 Å². The average Bonchev–Trinajstić information content (AvgIpc) is 3.36. The zero-order chi connectivity index (χ0) is 24.7. The van der Waals surface area contributed by atoms with Gasteiger partial charge in [-0.3, -0.25) is 14.5 Å². The minimum absolute atomic E-state index is 0.153. The molecule has 0 atom stereocenters. The van der Waals surface area contributed by atoms with E-state index in [2.05, 4.69) is 16.1 Å². The number of ether oxygens (including phenoxy) is 1. The Morgan fingerprint density at radius 1 is 1.20 bits per heavy atom. The molecule has 4 aromatic rings. The van der Waals surface area contributed by atoms with E-state index in [9.17, 15) is 4.79 Å². The number of hydrogen-bond acceptors (Lipinski definition) is 5. The summed E-state index contributed by atoms with van der Waals surface area (Å²) in [5.41, 5.74) is 5.13. The highest BCUT2D eigenvalue weighted by Crippen LogP contribution is 2.35. The molecular formula is C27H28ClN5O2. The zero-order valence-electron chi connectivity index (χ0n) is 20.4. The summed E-state index contributed by atoms with van der Waals surface area (Å²) in [7, 11) is 1.93. The number of carbonyl (C=O) groups is 1. The van der Waals surface area contributed by atoms with Crippen molar-refractivity contribution < 1.29 is 9.53 Å². The summed E-state index contributed by atoms with van der Waals surface area (Å²) in [5, 5.41) is 5.83. The van der Waals surface area contributed by atoms with E-state index in [0.717, 1.165) is 51.9 Å². The molecule has 8 heteroatoms. The van der Waals surface area contributed by atoms with Crippen molar-refractivity contribution in [2.75, 3.05) is 6.54 Å². The maximum Gasteiger partial charge on any atom is 0.228 e. The molecule has 1 aromatic carbocycles. The van der Waals surface area contributed by atoms with Crippen molar-refractivity contribution in [1.29, 1.82) is 0 Å². The molecule has 7 nitrogen and oxygen atoms in total. The molecule has 0 aliphatic carbocycles. The van der Waals surface area contributed by atoms with E-state index in [0.29, 0.717) is 17.3 Å². The van der Waals surface area contributed by atoms with E-state index in [4.69, 9.17) is 21.3 Å². The highest BCUT2D eigenvalue weighted by Gasteiger charge is 2.38. The van der Waals surface area contributed by atoms with E-state index in [1.807, 2.05) is 61.7 Å². The van der Waals surface area contributed by atoms with E-state index in [-0.39, 0.29) is 17.9 Å². The number of aryl methyl sites for hydroxylation is 2. The van der Waals surface area contributed by atoms with E-state index < -0.39 is 0 Å². The molecule has 1 aliphatic rings. The summed E-state index contributed by atoms with van der Waals surface area (Å²) in [6.45, 7) is 7.39. The fourth-order valence-corrected chi connectivity index (χ4v) is 4.91. The first-order valence-electron chi connectivity index (χ1n) is 11.7. The second-order valence-corrected chi connectivity index (χ2v) is 10.1. The molecular weight excluding hydrogens is 462 g/mol. The number of carbonyl (C=O) groups excluding carboxylic acids is 1. The number of para-hydroxylation sites is 1. The highest BCUT2D eigenvalue weighted by molar-refractivity contribution is 6.31. The van der Waals surface area contributed by atoms with E-state index in [1.54, 1.807) is 18.6 Å². The van der Waals surface area contributed by atoms with Gasteiger partial charge in [0.05, 0.1) is 10.7 Å². The van der Waals surface area contributed by atoms with Crippen LogP contribution < -0.4 is 4.74 Å². The monoisotopic (exact) mass is 489 g/mol. The number of likely N-dealkylation sites (tertiary alicyclic amines) is 1. The molecule has 1 amide bonds. The van der Waals surface area contributed by atoms with Gasteiger partial charge in [0.1, 0.15) is 17.9 Å². The smallest absolute Gasteiger partial charge is 0.228 e. The third kappa shape index (κ3) is 4.36. The largest absolute Gasteiger partial charge is 0.487 e. The first kappa shape index (κ1) is 23.3. The van der Waals surface area contributed by atoms with Gasteiger partial charge < -0.3 is 9.64 Å². The number of halogens is 1. The molecule has 1 aliphatic heterocycles. The Morgan fingerprint density at radius 3 is 2.74 bits per heavy atom. The van der Waals surface area contributed by atoms with Gasteiger partial charge in [-0.15, -0.1) is 0 Å². The van der Waals surface area contributed by atoms with Gasteiger partial charge in [0.25, 0.3) is 0 Å². The molecule has 0 spiro atoms. The van der Waals surface area contributed by atoms with Crippen molar-refractivity contribution in [3.8, 4) is 17.0 Å². The minimum Gasteiger partial charge on any atom is -0.487 e. The van der Waals surface area contributed by atoms with Crippen molar-refractivity contribution >= 4 is 28.4 Å². The van der Waals surface area contributed by atoms with Gasteiger partial charge >= 0.3 is 0 Å². The molecule has 0 saturated carbocycles. The van der Waals surface area contributed by atoms with Gasteiger partial charge in [0.15, 0.2) is 0 Å². The normalized spacial score (nSPS) is 15.2. The predicted octanol–water partition coefficient (Wildman–Crippen LogP) is 5.33. The molecule has 180 valence electrons. The molecule has 1 saturated heterocycles. The lowest BCUT2D eigenvalue weighted by molar-refractivity contribution is -0.135. The average molecular weight is 490 g/mol. The Labute approximate surface area is 209 Å². The molecule has 0 bridgehead atoms. The molecule has 1 fully saturated rings. The number of rotatable bonds is 6. The number of hydrogen-bond donors (Lipinski definition) is 0. The summed E-state index contributed by atoms with van der Waals surface area (Å²) in [6, 6.07) is 9.99. The van der Waals surface area contributed by atoms with Crippen LogP contribution in [0.5, 0.6) is 5.75 Å². The second-order valence-electron chi connectivity index (χ2n) is 9.71. The van der Waals surface area contributed by atoms with E-state index >= 15 is 0 Å². The van der Waals surface area contributed by atoms with Crippen LogP contribution in [0.15, 0.2) is 48.9 Å². The summed E-state index contributed by atoms with van der Waals surface area (Å²) >= 11 is 6.56. The van der Waals surface area contributed by atoms with Gasteiger partial charge in [0, 0.05) is 66.3 Å². The van der Waals surface area contributed by atoms with Crippen molar-refractivity contribution in [3.05, 3.63) is 70.8 Å². The Hall–Kier alpha value is -3.45. The summed E-state index contributed by atoms with van der Waals surface area (Å²) < 4.78 is 8.17. The van der Waals surface area contributed by atoms with Gasteiger partial charge in [-0.1, -0.05) is 37.6 Å². The Kier molecular flexibility index (Phi) is 5.97. The molecule has 4 heterocycles. The van der Waals surface area contributed by atoms with Gasteiger partial charge in [-0.05, 0) is 37.1 Å². The first-order valence-corrected chi connectivity index (χ1v) is 12.0. The zero-order valence-corrected chi connectivity index (χ0v) is 21.1. The Bertz CT molecular complexity index is 1430. The number of aromatic nitrogens is 4. The number of benzene rings is 1. The van der Waals surface area contributed by atoms with Crippen LogP contribution in [0.3, 0.4) is 0 Å². The van der Waals surface area contributed by atoms with Crippen LogP contribution in [0.25, 0.3) is 22.2 Å². The summed E-state index contributed by atoms with van der Waals surface area (Å²) in [4.78, 5) is 23.7. The minimum atomic E-state index is -0.333. The summed E-state index contributed by atoms with van der Waals surface area (Å²) in [6.07, 6.45) is 6.02. The lowest BCUT2D eigenvalue weighted by Gasteiger charge is -2.21. The maximum absolute atomic E-state index is 12.8. The van der Waals surface area contributed by atoms with Crippen LogP contribution in [-0.4, -0.2) is 37.1 Å². The number of nitrogens with zero attached hydrogens (tertiary/aromatic N) is 5. The Balaban J connectivity index is 1.46. The third-order valence-electron chi connectivity index (χ3n) is 6.73. The molecule has 0 unspecified atom stereocenters. The van der Waals surface area contributed by atoms with Crippen LogP contribution in [0.2, 0.25) is 5.02 Å². The van der Waals surface area contributed by atoms with Gasteiger partial charge in [-0.2, -0.15) is 5.10 Å². The van der Waals surface area contributed by atoms with Crippen molar-refractivity contribution in [1.82, 2.24) is 24.6 Å². The van der Waals surface area contributed by atoms with Crippen LogP contribution in [0, 0.1) is 12.3 Å². The van der Waals surface area contributed by atoms with Crippen molar-refractivity contribution in [2.24, 2.45) is 12.5 Å². The standard InChI is InChI=1S/C27H28ClN5O2/c1-17-12-20(23-8-10-30-32(23)4)19-6-5-7-24(25(19)31-17)35-16-21-18(13-29-14-22(21)28)15-33-11-9-27(2,3)26(33)34/h5-8,10,12-14H,9,11,15-16H2,1-4H3. The molecule has 5 rings (SSSR count). The first-order chi connectivity index (χ1) is 16.7. The quantitative estimate of drug-likeness (QED) is 0.366. The fraction of sp³-hybridized carbons (Fsp3) is 0.333. The fourth-order valence-electron chi connectivity index (χ4n) is 4.67. The number of fused-ring (bicyclic) bond motifs is 1. The van der Waals surface area contributed by atoms with Crippen LogP contribution in [-0.2, 0) is 25.0 Å². The van der Waals surface area contributed by atoms with Crippen LogP contribution >= 0.6 is 11.6 Å². The third-order valence-corrected chi connectivity index (χ3v) is 7.05. The molecule has 0 N–H and O–H groups in total. The van der Waals surface area contributed by atoms with E-state index in [1.165, 1.54) is 0 Å². The van der Waals surface area contributed by atoms with Crippen molar-refractivity contribution in [2.45, 2.75) is 40.3 Å². The maximum atomic E-state index is 12.8. The predicted molar refractivity (Wildman–Crippen MR) is 136 cm³/mol. The summed E-state index contributed by atoms with van der Waals surface area (Å²) in [5.74, 6) is 0.826. The topological polar surface area (TPSA) is 73.1 Å². The van der Waals surface area contributed by atoms with Crippen LogP contribution in [0.4, 0.5) is 0 Å². The highest BCUT2D eigenvalue weighted by atomic mass is 35.5. The SMILES string of the molecule is Cc1cc(-c2ccnn2C)c2cccc(OCc3c(Cl)cncc3CN3CCC(C)(C)C3=O)c2n1. The lowest BCUT2D eigenvalue weighted by Crippen LogP contribution is -2.31. The molecule has 0 radical (unpaired) electrons. The van der Waals surface area contributed by atoms with Crippen molar-refractivity contribution in [3.63, 3.8) is 0 Å². The number of pyridine rings is 2. The number of amides is 1. The van der Waals surface area contributed by atoms with Gasteiger partial charge in [-0.25, -0.2) is 4.98 Å². The molecule has 35 heavy (non-hydrogen) atoms. The lowest BCUT2D eigenvalue weighted by atomic mass is 9.92. The second kappa shape index (κ2) is 8.96. The van der Waals surface area contributed by atoms with Gasteiger partial charge in [0.2, 0.25) is 5.91 Å². The Morgan fingerprint density at radius 2 is 2.03 bits per heavy atom. The molecule has 3 aromatic heterocycles.